The third-order valence-electron chi connectivity index (χ3n) is 5.51. The molecule has 1 aliphatic heterocycles. The van der Waals surface area contributed by atoms with Gasteiger partial charge in [-0.3, -0.25) is 9.59 Å². The van der Waals surface area contributed by atoms with Crippen LogP contribution in [0.3, 0.4) is 0 Å². The van der Waals surface area contributed by atoms with Crippen LogP contribution in [0.1, 0.15) is 11.1 Å². The quantitative estimate of drug-likeness (QED) is 0.484. The number of carbonyl (C=O) groups excluding carboxylic acids is 3. The molecule has 2 N–H and O–H groups in total. The van der Waals surface area contributed by atoms with Gasteiger partial charge in [-0.1, -0.05) is 78.9 Å². The minimum atomic E-state index is -4.19. The first-order valence-electron chi connectivity index (χ1n) is 10.7. The number of hydrogen-bond donors (Lipinski definition) is 2. The highest BCUT2D eigenvalue weighted by molar-refractivity contribution is 7.90. The molecule has 1 fully saturated rings. The first-order valence-corrected chi connectivity index (χ1v) is 12.2. The van der Waals surface area contributed by atoms with Crippen LogP contribution in [0.2, 0.25) is 0 Å². The predicted octanol–water partition coefficient (Wildman–Crippen LogP) is 2.27. The lowest BCUT2D eigenvalue weighted by molar-refractivity contribution is -0.135. The summed E-state index contributed by atoms with van der Waals surface area (Å²) < 4.78 is 27.5. The Hall–Kier alpha value is -3.98. The highest BCUT2D eigenvalue weighted by Gasteiger charge is 2.45. The van der Waals surface area contributed by atoms with Crippen LogP contribution in [0.5, 0.6) is 0 Å². The van der Waals surface area contributed by atoms with Gasteiger partial charge in [-0.15, -0.1) is 0 Å². The molecule has 0 saturated carbocycles. The van der Waals surface area contributed by atoms with Gasteiger partial charge in [0.1, 0.15) is 12.1 Å². The van der Waals surface area contributed by atoms with Crippen LogP contribution in [-0.4, -0.2) is 43.2 Å². The summed E-state index contributed by atoms with van der Waals surface area (Å²) in [5.41, 5.74) is 1.52. The van der Waals surface area contributed by atoms with Gasteiger partial charge in [0.25, 0.3) is 21.8 Å². The summed E-state index contributed by atoms with van der Waals surface area (Å²) in [6.07, 6.45) is 0.220. The molecule has 174 valence electrons. The van der Waals surface area contributed by atoms with Crippen LogP contribution < -0.4 is 10.0 Å². The van der Waals surface area contributed by atoms with Crippen molar-refractivity contribution in [3.8, 4) is 0 Å². The Kier molecular flexibility index (Phi) is 6.74. The number of nitrogens with one attached hydrogen (secondary N) is 2. The van der Waals surface area contributed by atoms with Crippen molar-refractivity contribution < 1.29 is 22.8 Å². The molecule has 34 heavy (non-hydrogen) atoms. The zero-order chi connectivity index (χ0) is 24.1. The maximum absolute atomic E-state index is 13.2. The van der Waals surface area contributed by atoms with Gasteiger partial charge >= 0.3 is 6.03 Å². The summed E-state index contributed by atoms with van der Waals surface area (Å²) in [4.78, 5) is 40.0. The van der Waals surface area contributed by atoms with E-state index in [0.717, 1.165) is 10.5 Å². The molecule has 1 aliphatic rings. The second-order valence-corrected chi connectivity index (χ2v) is 9.57. The Bertz CT molecular complexity index is 1280. The van der Waals surface area contributed by atoms with E-state index in [1.54, 1.807) is 36.4 Å². The summed E-state index contributed by atoms with van der Waals surface area (Å²) in [5.74, 6) is -1.54. The van der Waals surface area contributed by atoms with Gasteiger partial charge in [-0.05, 0) is 23.3 Å². The van der Waals surface area contributed by atoms with Crippen molar-refractivity contribution in [2.24, 2.45) is 0 Å². The van der Waals surface area contributed by atoms with Crippen LogP contribution in [0.4, 0.5) is 4.79 Å². The summed E-state index contributed by atoms with van der Waals surface area (Å²) in [5, 5.41) is 2.63. The molecule has 9 heteroatoms. The van der Waals surface area contributed by atoms with Gasteiger partial charge in [-0.2, -0.15) is 0 Å². The Morgan fingerprint density at radius 1 is 0.853 bits per heavy atom. The van der Waals surface area contributed by atoms with Gasteiger partial charge in [0, 0.05) is 12.8 Å². The van der Waals surface area contributed by atoms with E-state index in [2.05, 4.69) is 5.32 Å². The van der Waals surface area contributed by atoms with Crippen LogP contribution in [0, 0.1) is 0 Å². The zero-order valence-electron chi connectivity index (χ0n) is 18.1. The van der Waals surface area contributed by atoms with Crippen molar-refractivity contribution in [1.29, 1.82) is 0 Å². The molecule has 2 atom stereocenters. The van der Waals surface area contributed by atoms with E-state index in [4.69, 9.17) is 0 Å². The maximum atomic E-state index is 13.2. The highest BCUT2D eigenvalue weighted by atomic mass is 32.2. The molecule has 1 heterocycles. The Balaban J connectivity index is 1.61. The van der Waals surface area contributed by atoms with E-state index in [1.165, 1.54) is 24.3 Å². The Labute approximate surface area is 197 Å². The Morgan fingerprint density at radius 3 is 1.97 bits per heavy atom. The smallest absolute Gasteiger partial charge is 0.325 e. The number of hydrogen-bond acceptors (Lipinski definition) is 5. The normalized spacial score (nSPS) is 16.7. The van der Waals surface area contributed by atoms with E-state index < -0.39 is 40.0 Å². The van der Waals surface area contributed by atoms with Gasteiger partial charge in [-0.25, -0.2) is 22.8 Å². The van der Waals surface area contributed by atoms with Crippen LogP contribution >= 0.6 is 0 Å². The summed E-state index contributed by atoms with van der Waals surface area (Å²) in [7, 11) is -4.19. The third kappa shape index (κ3) is 5.15. The topological polar surface area (TPSA) is 113 Å². The molecular weight excluding hydrogens is 454 g/mol. The van der Waals surface area contributed by atoms with Crippen molar-refractivity contribution in [3.05, 3.63) is 102 Å². The standard InChI is InChI=1S/C25H23N3O5S/c29-23(27-34(32,33)20-14-8-3-9-15-20)22(17-19-12-6-2-7-13-19)28-24(30)21(26-25(28)31)16-18-10-4-1-5-11-18/h1-15,21-22H,16-17H2,(H,26,31)(H,27,29)/t21-,22-/m0/s1. The van der Waals surface area contributed by atoms with Gasteiger partial charge in [0.05, 0.1) is 4.90 Å². The Morgan fingerprint density at radius 2 is 1.38 bits per heavy atom. The number of nitrogens with zero attached hydrogens (tertiary/aromatic N) is 1. The molecule has 8 nitrogen and oxygen atoms in total. The van der Waals surface area contributed by atoms with Gasteiger partial charge in [0.2, 0.25) is 0 Å². The van der Waals surface area contributed by atoms with Gasteiger partial charge in [0.15, 0.2) is 0 Å². The number of amides is 4. The highest BCUT2D eigenvalue weighted by Crippen LogP contribution is 2.19. The number of carbonyl (C=O) groups is 3. The van der Waals surface area contributed by atoms with Crippen molar-refractivity contribution >= 4 is 27.9 Å². The molecule has 4 rings (SSSR count). The molecule has 3 aromatic carbocycles. The average molecular weight is 478 g/mol. The minimum absolute atomic E-state index is 0.0335. The van der Waals surface area contributed by atoms with E-state index in [9.17, 15) is 22.8 Å². The third-order valence-corrected chi connectivity index (χ3v) is 6.87. The lowest BCUT2D eigenvalue weighted by atomic mass is 10.0. The van der Waals surface area contributed by atoms with Crippen LogP contribution in [0.25, 0.3) is 0 Å². The SMILES string of the molecule is O=C(NS(=O)(=O)c1ccccc1)[C@H](Cc1ccccc1)N1C(=O)N[C@@H](Cc2ccccc2)C1=O. The molecule has 1 saturated heterocycles. The lowest BCUT2D eigenvalue weighted by Crippen LogP contribution is -2.52. The van der Waals surface area contributed by atoms with Crippen molar-refractivity contribution in [2.45, 2.75) is 29.8 Å². The van der Waals surface area contributed by atoms with Crippen LogP contribution in [0.15, 0.2) is 95.9 Å². The largest absolute Gasteiger partial charge is 0.325 e. The second kappa shape index (κ2) is 9.88. The molecular formula is C25H23N3O5S. The predicted molar refractivity (Wildman–Crippen MR) is 125 cm³/mol. The number of benzene rings is 3. The first-order chi connectivity index (χ1) is 16.3. The molecule has 0 bridgehead atoms. The molecule has 0 unspecified atom stereocenters. The molecule has 0 radical (unpaired) electrons. The van der Waals surface area contributed by atoms with Crippen molar-refractivity contribution in [1.82, 2.24) is 14.9 Å². The van der Waals surface area contributed by atoms with E-state index in [-0.39, 0.29) is 17.7 Å². The van der Waals surface area contributed by atoms with Gasteiger partial charge < -0.3 is 5.32 Å². The minimum Gasteiger partial charge on any atom is -0.325 e. The second-order valence-electron chi connectivity index (χ2n) is 7.89. The fourth-order valence-corrected chi connectivity index (χ4v) is 4.86. The monoisotopic (exact) mass is 477 g/mol. The van der Waals surface area contributed by atoms with E-state index >= 15 is 0 Å². The lowest BCUT2D eigenvalue weighted by Gasteiger charge is -2.24. The molecule has 4 amide bonds. The number of urea groups is 1. The van der Waals surface area contributed by atoms with Crippen LogP contribution in [-0.2, 0) is 32.5 Å². The van der Waals surface area contributed by atoms with E-state index in [1.807, 2.05) is 35.1 Å². The maximum Gasteiger partial charge on any atom is 0.325 e. The zero-order valence-corrected chi connectivity index (χ0v) is 18.9. The molecule has 0 spiro atoms. The number of sulfonamides is 1. The molecule has 0 aromatic heterocycles. The summed E-state index contributed by atoms with van der Waals surface area (Å²) in [6, 6.07) is 22.4. The molecule has 3 aromatic rings. The summed E-state index contributed by atoms with van der Waals surface area (Å²) >= 11 is 0. The van der Waals surface area contributed by atoms with Crippen molar-refractivity contribution in [2.75, 3.05) is 0 Å². The van der Waals surface area contributed by atoms with E-state index in [0.29, 0.717) is 5.56 Å². The summed E-state index contributed by atoms with van der Waals surface area (Å²) in [6.45, 7) is 0. The van der Waals surface area contributed by atoms with Crippen molar-refractivity contribution in [3.63, 3.8) is 0 Å². The average Bonchev–Trinajstić information content (AvgIpc) is 3.11. The fraction of sp³-hybridized carbons (Fsp3) is 0.160. The molecule has 0 aliphatic carbocycles. The number of imide groups is 1. The number of rotatable bonds is 8. The fourth-order valence-electron chi connectivity index (χ4n) is 3.83. The first kappa shape index (κ1) is 23.2.